The van der Waals surface area contributed by atoms with E-state index in [0.717, 1.165) is 24.8 Å². The van der Waals surface area contributed by atoms with Crippen LogP contribution in [0.1, 0.15) is 81.1 Å². The highest BCUT2D eigenvalue weighted by Crippen LogP contribution is 2.32. The number of aromatic carboxylic acids is 1. The molecule has 0 bridgehead atoms. The largest absolute Gasteiger partial charge is 0.476 e. The Kier molecular flexibility index (Phi) is 5.74. The van der Waals surface area contributed by atoms with Crippen molar-refractivity contribution in [3.05, 3.63) is 17.5 Å². The number of carbonyl (C=O) groups is 2. The Bertz CT molecular complexity index is 680. The van der Waals surface area contributed by atoms with Crippen molar-refractivity contribution >= 4 is 12.1 Å². The predicted octanol–water partition coefficient (Wildman–Crippen LogP) is 3.39. The van der Waals surface area contributed by atoms with Gasteiger partial charge in [0.05, 0.1) is 0 Å². The van der Waals surface area contributed by atoms with Crippen LogP contribution in [0.25, 0.3) is 0 Å². The minimum atomic E-state index is -1.02. The van der Waals surface area contributed by atoms with Crippen molar-refractivity contribution in [2.75, 3.05) is 19.7 Å². The summed E-state index contributed by atoms with van der Waals surface area (Å²) in [4.78, 5) is 25.6. The molecule has 0 aromatic carbocycles. The number of aromatic nitrogens is 2. The van der Waals surface area contributed by atoms with Crippen LogP contribution in [0.4, 0.5) is 4.79 Å². The van der Waals surface area contributed by atoms with Gasteiger partial charge in [0.25, 0.3) is 0 Å². The molecule has 8 heteroatoms. The second-order valence-corrected chi connectivity index (χ2v) is 8.28. The summed E-state index contributed by atoms with van der Waals surface area (Å²) in [5, 5.41) is 13.9. The van der Waals surface area contributed by atoms with E-state index in [1.54, 1.807) is 9.58 Å². The number of carboxylic acid groups (broad SMARTS) is 1. The quantitative estimate of drug-likeness (QED) is 0.865. The van der Waals surface area contributed by atoms with Gasteiger partial charge >= 0.3 is 12.1 Å². The van der Waals surface area contributed by atoms with E-state index in [1.807, 2.05) is 27.0 Å². The van der Waals surface area contributed by atoms with E-state index in [-0.39, 0.29) is 23.9 Å². The summed E-state index contributed by atoms with van der Waals surface area (Å²) in [6.45, 7) is 7.31. The van der Waals surface area contributed by atoms with Crippen molar-refractivity contribution in [3.63, 3.8) is 0 Å². The van der Waals surface area contributed by atoms with Crippen molar-refractivity contribution in [2.24, 2.45) is 0 Å². The molecule has 1 aromatic heterocycles. The van der Waals surface area contributed by atoms with Crippen LogP contribution in [0.2, 0.25) is 0 Å². The van der Waals surface area contributed by atoms with Gasteiger partial charge in [0.1, 0.15) is 11.8 Å². The summed E-state index contributed by atoms with van der Waals surface area (Å²) in [5.41, 5.74) is 0.311. The van der Waals surface area contributed by atoms with E-state index in [1.165, 1.54) is 0 Å². The Morgan fingerprint density at radius 1 is 1.22 bits per heavy atom. The summed E-state index contributed by atoms with van der Waals surface area (Å²) in [6, 6.07) is 0. The maximum Gasteiger partial charge on any atom is 0.410 e. The van der Waals surface area contributed by atoms with Gasteiger partial charge in [-0.05, 0) is 58.8 Å². The summed E-state index contributed by atoms with van der Waals surface area (Å²) in [7, 11) is 0. The summed E-state index contributed by atoms with van der Waals surface area (Å²) < 4.78 is 12.8. The zero-order valence-electron chi connectivity index (χ0n) is 16.3. The van der Waals surface area contributed by atoms with Gasteiger partial charge < -0.3 is 19.5 Å². The minimum Gasteiger partial charge on any atom is -0.476 e. The van der Waals surface area contributed by atoms with Gasteiger partial charge in [-0.3, -0.25) is 0 Å². The summed E-state index contributed by atoms with van der Waals surface area (Å²) in [5.74, 6) is -0.957. The first-order valence-corrected chi connectivity index (χ1v) is 9.66. The fourth-order valence-corrected chi connectivity index (χ4v) is 3.65. The number of carboxylic acids is 1. The zero-order valence-corrected chi connectivity index (χ0v) is 16.3. The normalized spacial score (nSPS) is 21.9. The maximum atomic E-state index is 12.2. The lowest BCUT2D eigenvalue weighted by Crippen LogP contribution is -2.41. The van der Waals surface area contributed by atoms with Crippen LogP contribution in [0.5, 0.6) is 0 Å². The molecular formula is C19H29N3O5. The smallest absolute Gasteiger partial charge is 0.410 e. The number of hydrogen-bond acceptors (Lipinski definition) is 5. The molecule has 0 radical (unpaired) electrons. The Morgan fingerprint density at radius 3 is 2.48 bits per heavy atom. The molecule has 1 aromatic rings. The minimum absolute atomic E-state index is 0.0622. The molecule has 3 rings (SSSR count). The molecular weight excluding hydrogens is 350 g/mol. The molecule has 1 N–H and O–H groups in total. The molecule has 0 spiro atoms. The van der Waals surface area contributed by atoms with Crippen LogP contribution < -0.4 is 0 Å². The summed E-state index contributed by atoms with van der Waals surface area (Å²) >= 11 is 0. The van der Waals surface area contributed by atoms with E-state index >= 15 is 0 Å². The van der Waals surface area contributed by atoms with Crippen LogP contribution in [0.3, 0.4) is 0 Å². The lowest BCUT2D eigenvalue weighted by molar-refractivity contribution is -0.0397. The van der Waals surface area contributed by atoms with Gasteiger partial charge in [0.15, 0.2) is 5.69 Å². The molecule has 0 aliphatic carbocycles. The Labute approximate surface area is 159 Å². The highest BCUT2D eigenvalue weighted by atomic mass is 16.6. The third-order valence-corrected chi connectivity index (χ3v) is 5.00. The van der Waals surface area contributed by atoms with E-state index in [2.05, 4.69) is 5.10 Å². The first kappa shape index (κ1) is 19.7. The number of piperidine rings is 1. The number of likely N-dealkylation sites (tertiary alicyclic amines) is 1. The SMILES string of the molecule is CC(C)(C)OC(=O)N1CCC(c2cn(C3CCCCO3)nc2C(=O)O)CC1. The number of hydrogen-bond donors (Lipinski definition) is 1. The lowest BCUT2D eigenvalue weighted by Gasteiger charge is -2.33. The molecule has 1 amide bonds. The van der Waals surface area contributed by atoms with Gasteiger partial charge in [-0.1, -0.05) is 0 Å². The Hall–Kier alpha value is -2.09. The third kappa shape index (κ3) is 4.80. The van der Waals surface area contributed by atoms with Crippen LogP contribution in [0, 0.1) is 0 Å². The van der Waals surface area contributed by atoms with Gasteiger partial charge in [0.2, 0.25) is 0 Å². The van der Waals surface area contributed by atoms with E-state index in [4.69, 9.17) is 9.47 Å². The highest BCUT2D eigenvalue weighted by Gasteiger charge is 2.31. The van der Waals surface area contributed by atoms with Gasteiger partial charge in [-0.25, -0.2) is 14.3 Å². The maximum absolute atomic E-state index is 12.2. The zero-order chi connectivity index (χ0) is 19.6. The second kappa shape index (κ2) is 7.88. The predicted molar refractivity (Wildman–Crippen MR) is 97.8 cm³/mol. The molecule has 0 saturated carbocycles. The van der Waals surface area contributed by atoms with E-state index < -0.39 is 11.6 Å². The molecule has 27 heavy (non-hydrogen) atoms. The molecule has 2 saturated heterocycles. The van der Waals surface area contributed by atoms with Crippen molar-refractivity contribution < 1.29 is 24.2 Å². The molecule has 3 heterocycles. The van der Waals surface area contributed by atoms with E-state index in [9.17, 15) is 14.7 Å². The number of ether oxygens (including phenoxy) is 2. The summed E-state index contributed by atoms with van der Waals surface area (Å²) in [6.07, 6.45) is 5.63. The highest BCUT2D eigenvalue weighted by molar-refractivity contribution is 5.87. The third-order valence-electron chi connectivity index (χ3n) is 5.00. The van der Waals surface area contributed by atoms with E-state index in [0.29, 0.717) is 32.5 Å². The Morgan fingerprint density at radius 2 is 1.93 bits per heavy atom. The van der Waals surface area contributed by atoms with Crippen LogP contribution in [-0.4, -0.2) is 57.1 Å². The molecule has 2 fully saturated rings. The lowest BCUT2D eigenvalue weighted by atomic mass is 9.90. The first-order chi connectivity index (χ1) is 12.7. The first-order valence-electron chi connectivity index (χ1n) is 9.66. The number of rotatable bonds is 3. The second-order valence-electron chi connectivity index (χ2n) is 8.28. The van der Waals surface area contributed by atoms with Gasteiger partial charge in [-0.2, -0.15) is 5.10 Å². The van der Waals surface area contributed by atoms with Gasteiger partial charge in [0, 0.05) is 31.5 Å². The van der Waals surface area contributed by atoms with Crippen LogP contribution in [-0.2, 0) is 9.47 Å². The standard InChI is InChI=1S/C19H29N3O5/c1-19(2,3)27-18(25)21-9-7-13(8-10-21)14-12-22(20-16(14)17(23)24)15-6-4-5-11-26-15/h12-13,15H,4-11H2,1-3H3,(H,23,24). The average Bonchev–Trinajstić information content (AvgIpc) is 3.07. The molecule has 2 aliphatic heterocycles. The van der Waals surface area contributed by atoms with Crippen LogP contribution in [0.15, 0.2) is 6.20 Å². The Balaban J connectivity index is 1.69. The molecule has 150 valence electrons. The average molecular weight is 379 g/mol. The van der Waals surface area contributed by atoms with Crippen molar-refractivity contribution in [2.45, 2.75) is 70.6 Å². The fraction of sp³-hybridized carbons (Fsp3) is 0.737. The van der Waals surface area contributed by atoms with Crippen molar-refractivity contribution in [3.8, 4) is 0 Å². The van der Waals surface area contributed by atoms with Gasteiger partial charge in [-0.15, -0.1) is 0 Å². The van der Waals surface area contributed by atoms with Crippen molar-refractivity contribution in [1.29, 1.82) is 0 Å². The van der Waals surface area contributed by atoms with Crippen molar-refractivity contribution in [1.82, 2.24) is 14.7 Å². The number of amides is 1. The molecule has 8 nitrogen and oxygen atoms in total. The molecule has 1 atom stereocenters. The number of carbonyl (C=O) groups excluding carboxylic acids is 1. The topological polar surface area (TPSA) is 93.9 Å². The monoisotopic (exact) mass is 379 g/mol. The fourth-order valence-electron chi connectivity index (χ4n) is 3.65. The number of nitrogens with zero attached hydrogens (tertiary/aromatic N) is 3. The van der Waals surface area contributed by atoms with Crippen LogP contribution >= 0.6 is 0 Å². The molecule has 1 unspecified atom stereocenters. The molecule has 2 aliphatic rings.